The molecule has 0 aromatic heterocycles. The van der Waals surface area contributed by atoms with Gasteiger partial charge in [-0.1, -0.05) is 13.8 Å². The number of likely N-dealkylation sites (tertiary alicyclic amines) is 1. The summed E-state index contributed by atoms with van der Waals surface area (Å²) in [7, 11) is 0. The lowest BCUT2D eigenvalue weighted by molar-refractivity contribution is -0.127. The first-order chi connectivity index (χ1) is 8.89. The van der Waals surface area contributed by atoms with E-state index in [1.807, 2.05) is 0 Å². The molecule has 0 aromatic carbocycles. The lowest BCUT2D eigenvalue weighted by atomic mass is 9.93. The quantitative estimate of drug-likeness (QED) is 0.831. The zero-order valence-electron chi connectivity index (χ0n) is 11.8. The fourth-order valence-corrected chi connectivity index (χ4v) is 3.44. The lowest BCUT2D eigenvalue weighted by Crippen LogP contribution is -2.53. The normalized spacial score (nSPS) is 31.4. The van der Waals surface area contributed by atoms with Crippen molar-refractivity contribution < 1.29 is 13.2 Å². The van der Waals surface area contributed by atoms with Crippen molar-refractivity contribution in [3.8, 4) is 0 Å². The Labute approximate surface area is 113 Å². The maximum atomic E-state index is 12.3. The zero-order valence-corrected chi connectivity index (χ0v) is 11.8. The molecule has 1 heterocycles. The predicted octanol–water partition coefficient (Wildman–Crippen LogP) is 3.04. The molecule has 19 heavy (non-hydrogen) atoms. The standard InChI is InChI=1S/C14H25F3N2/c1-3-13(11-4-5-11)19-7-10(2)6-12(8-19)18-9-14(15,16)17/h10-13,18H,3-9H2,1-2H3. The fraction of sp³-hybridized carbons (Fsp3) is 1.00. The highest BCUT2D eigenvalue weighted by Crippen LogP contribution is 2.38. The van der Waals surface area contributed by atoms with Gasteiger partial charge in [-0.15, -0.1) is 0 Å². The number of nitrogens with zero attached hydrogens (tertiary/aromatic N) is 1. The molecule has 3 atom stereocenters. The van der Waals surface area contributed by atoms with Crippen LogP contribution in [0.15, 0.2) is 0 Å². The van der Waals surface area contributed by atoms with Crippen LogP contribution < -0.4 is 5.32 Å². The van der Waals surface area contributed by atoms with E-state index in [9.17, 15) is 13.2 Å². The molecular formula is C14H25F3N2. The van der Waals surface area contributed by atoms with Crippen LogP contribution in [0.1, 0.15) is 39.5 Å². The van der Waals surface area contributed by atoms with Crippen molar-refractivity contribution in [3.05, 3.63) is 0 Å². The Morgan fingerprint density at radius 3 is 2.47 bits per heavy atom. The Morgan fingerprint density at radius 1 is 1.26 bits per heavy atom. The number of halogens is 3. The van der Waals surface area contributed by atoms with Crippen molar-refractivity contribution in [1.82, 2.24) is 10.2 Å². The van der Waals surface area contributed by atoms with E-state index in [2.05, 4.69) is 24.1 Å². The molecule has 112 valence electrons. The molecule has 1 N–H and O–H groups in total. The van der Waals surface area contributed by atoms with Gasteiger partial charge < -0.3 is 5.32 Å². The molecule has 0 aromatic rings. The smallest absolute Gasteiger partial charge is 0.305 e. The van der Waals surface area contributed by atoms with Crippen molar-refractivity contribution in [2.24, 2.45) is 11.8 Å². The maximum Gasteiger partial charge on any atom is 0.401 e. The second-order valence-electron chi connectivity index (χ2n) is 6.30. The second kappa shape index (κ2) is 6.00. The number of rotatable bonds is 5. The van der Waals surface area contributed by atoms with Gasteiger partial charge in [-0.3, -0.25) is 4.90 Å². The van der Waals surface area contributed by atoms with E-state index in [0.717, 1.165) is 31.8 Å². The monoisotopic (exact) mass is 278 g/mol. The van der Waals surface area contributed by atoms with Crippen LogP contribution in [0, 0.1) is 11.8 Å². The molecule has 2 rings (SSSR count). The van der Waals surface area contributed by atoms with Crippen molar-refractivity contribution in [3.63, 3.8) is 0 Å². The summed E-state index contributed by atoms with van der Waals surface area (Å²) in [5.74, 6) is 1.27. The minimum absolute atomic E-state index is 0.0156. The maximum absolute atomic E-state index is 12.3. The Balaban J connectivity index is 1.87. The van der Waals surface area contributed by atoms with Gasteiger partial charge in [-0.25, -0.2) is 0 Å². The van der Waals surface area contributed by atoms with Crippen molar-refractivity contribution in [2.75, 3.05) is 19.6 Å². The Morgan fingerprint density at radius 2 is 1.95 bits per heavy atom. The van der Waals surface area contributed by atoms with Gasteiger partial charge in [0.15, 0.2) is 0 Å². The summed E-state index contributed by atoms with van der Waals surface area (Å²) >= 11 is 0. The molecule has 1 saturated heterocycles. The summed E-state index contributed by atoms with van der Waals surface area (Å²) in [6.45, 7) is 5.29. The number of nitrogens with one attached hydrogen (secondary N) is 1. The highest BCUT2D eigenvalue weighted by Gasteiger charge is 2.38. The molecule has 2 aliphatic rings. The number of hydrogen-bond acceptors (Lipinski definition) is 2. The van der Waals surface area contributed by atoms with Gasteiger partial charge in [-0.05, 0) is 37.5 Å². The van der Waals surface area contributed by atoms with E-state index in [1.54, 1.807) is 0 Å². The van der Waals surface area contributed by atoms with E-state index in [0.29, 0.717) is 12.0 Å². The Kier molecular flexibility index (Phi) is 4.77. The third-order valence-corrected chi connectivity index (χ3v) is 4.33. The van der Waals surface area contributed by atoms with Crippen LogP contribution in [-0.2, 0) is 0 Å². The summed E-state index contributed by atoms with van der Waals surface area (Å²) < 4.78 is 36.9. The second-order valence-corrected chi connectivity index (χ2v) is 6.30. The van der Waals surface area contributed by atoms with E-state index in [1.165, 1.54) is 12.8 Å². The molecule has 0 spiro atoms. The van der Waals surface area contributed by atoms with Crippen LogP contribution in [0.25, 0.3) is 0 Å². The molecule has 1 aliphatic carbocycles. The van der Waals surface area contributed by atoms with Crippen molar-refractivity contribution in [2.45, 2.75) is 57.8 Å². The molecule has 1 saturated carbocycles. The van der Waals surface area contributed by atoms with Gasteiger partial charge in [0, 0.05) is 25.2 Å². The topological polar surface area (TPSA) is 15.3 Å². The first-order valence-corrected chi connectivity index (χ1v) is 7.43. The largest absolute Gasteiger partial charge is 0.401 e. The van der Waals surface area contributed by atoms with E-state index in [-0.39, 0.29) is 6.04 Å². The van der Waals surface area contributed by atoms with Gasteiger partial charge >= 0.3 is 6.18 Å². The van der Waals surface area contributed by atoms with E-state index < -0.39 is 12.7 Å². The Hall–Kier alpha value is -0.290. The molecule has 0 amide bonds. The SMILES string of the molecule is CCC(C1CC1)N1CC(C)CC(NCC(F)(F)F)C1. The van der Waals surface area contributed by atoms with Crippen LogP contribution in [0.2, 0.25) is 0 Å². The molecular weight excluding hydrogens is 253 g/mol. The third kappa shape index (κ3) is 4.63. The highest BCUT2D eigenvalue weighted by molar-refractivity contribution is 4.92. The van der Waals surface area contributed by atoms with Gasteiger partial charge in [0.25, 0.3) is 0 Å². The zero-order chi connectivity index (χ0) is 14.0. The van der Waals surface area contributed by atoms with Crippen LogP contribution in [0.3, 0.4) is 0 Å². The third-order valence-electron chi connectivity index (χ3n) is 4.33. The average molecular weight is 278 g/mol. The van der Waals surface area contributed by atoms with Crippen molar-refractivity contribution >= 4 is 0 Å². The first-order valence-electron chi connectivity index (χ1n) is 7.43. The molecule has 0 bridgehead atoms. The molecule has 2 fully saturated rings. The lowest BCUT2D eigenvalue weighted by Gasteiger charge is -2.41. The van der Waals surface area contributed by atoms with Gasteiger partial charge in [0.05, 0.1) is 6.54 Å². The van der Waals surface area contributed by atoms with E-state index >= 15 is 0 Å². The number of alkyl halides is 3. The van der Waals surface area contributed by atoms with Crippen LogP contribution in [0.4, 0.5) is 13.2 Å². The Bertz CT molecular complexity index is 289. The predicted molar refractivity (Wildman–Crippen MR) is 70.0 cm³/mol. The van der Waals surface area contributed by atoms with Crippen LogP contribution in [-0.4, -0.2) is 42.8 Å². The molecule has 2 nitrogen and oxygen atoms in total. The molecule has 1 aliphatic heterocycles. The first kappa shape index (κ1) is 15.1. The fourth-order valence-electron chi connectivity index (χ4n) is 3.44. The van der Waals surface area contributed by atoms with Gasteiger partial charge in [-0.2, -0.15) is 13.2 Å². The minimum Gasteiger partial charge on any atom is -0.305 e. The van der Waals surface area contributed by atoms with Crippen LogP contribution in [0.5, 0.6) is 0 Å². The van der Waals surface area contributed by atoms with Crippen molar-refractivity contribution in [1.29, 1.82) is 0 Å². The minimum atomic E-state index is -4.10. The molecule has 0 radical (unpaired) electrons. The molecule has 3 unspecified atom stereocenters. The average Bonchev–Trinajstić information content (AvgIpc) is 3.10. The highest BCUT2D eigenvalue weighted by atomic mass is 19.4. The van der Waals surface area contributed by atoms with Crippen LogP contribution >= 0.6 is 0 Å². The van der Waals surface area contributed by atoms with Gasteiger partial charge in [0.1, 0.15) is 0 Å². The number of piperidine rings is 1. The number of hydrogen-bond donors (Lipinski definition) is 1. The van der Waals surface area contributed by atoms with E-state index in [4.69, 9.17) is 0 Å². The summed E-state index contributed by atoms with van der Waals surface area (Å²) in [4.78, 5) is 2.43. The summed E-state index contributed by atoms with van der Waals surface area (Å²) in [6, 6.07) is 0.566. The summed E-state index contributed by atoms with van der Waals surface area (Å²) in [5, 5.41) is 2.69. The van der Waals surface area contributed by atoms with Gasteiger partial charge in [0.2, 0.25) is 0 Å². The summed E-state index contributed by atoms with van der Waals surface area (Å²) in [5.41, 5.74) is 0. The summed E-state index contributed by atoms with van der Waals surface area (Å²) in [6.07, 6.45) is 0.456. The molecule has 5 heteroatoms.